The summed E-state index contributed by atoms with van der Waals surface area (Å²) in [7, 11) is -3.96. The molecule has 3 aromatic rings. The monoisotopic (exact) mass is 548 g/mol. The van der Waals surface area contributed by atoms with Crippen LogP contribution in [-0.4, -0.2) is 44.3 Å². The highest BCUT2D eigenvalue weighted by atomic mass is 35.5. The van der Waals surface area contributed by atoms with E-state index in [9.17, 15) is 22.4 Å². The Morgan fingerprint density at radius 3 is 2.49 bits per heavy atom. The van der Waals surface area contributed by atoms with Gasteiger partial charge in [-0.1, -0.05) is 41.9 Å². The number of halogens is 2. The van der Waals surface area contributed by atoms with Crippen LogP contribution in [0.1, 0.15) is 11.1 Å². The average molecular weight is 549 g/mol. The minimum atomic E-state index is -3.96. The molecule has 3 aromatic carbocycles. The Hall–Kier alpha value is -3.51. The van der Waals surface area contributed by atoms with Crippen molar-refractivity contribution in [1.29, 1.82) is 0 Å². The summed E-state index contributed by atoms with van der Waals surface area (Å²) in [5.41, 5.74) is 5.84. The van der Waals surface area contributed by atoms with Crippen molar-refractivity contribution < 1.29 is 36.9 Å². The quantitative estimate of drug-likeness (QED) is 0.233. The molecule has 1 aliphatic rings. The van der Waals surface area contributed by atoms with Crippen molar-refractivity contribution in [2.45, 2.75) is 23.0 Å². The Balaban J connectivity index is 1.55. The van der Waals surface area contributed by atoms with E-state index >= 15 is 0 Å². The van der Waals surface area contributed by atoms with Gasteiger partial charge in [-0.15, -0.1) is 0 Å². The maximum atomic E-state index is 13.8. The Morgan fingerprint density at radius 1 is 1.11 bits per heavy atom. The molecule has 0 bridgehead atoms. The molecule has 1 saturated heterocycles. The van der Waals surface area contributed by atoms with E-state index in [1.807, 2.05) is 0 Å². The Morgan fingerprint density at radius 2 is 1.81 bits per heavy atom. The lowest BCUT2D eigenvalue weighted by molar-refractivity contribution is -0.249. The summed E-state index contributed by atoms with van der Waals surface area (Å²) >= 11 is 6.02. The largest absolute Gasteiger partial charge is 0.480 e. The van der Waals surface area contributed by atoms with Crippen molar-refractivity contribution in [3.63, 3.8) is 0 Å². The molecular formula is C25H22ClFN2O7S. The lowest BCUT2D eigenvalue weighted by Gasteiger charge is -2.48. The normalized spacial score (nSPS) is 15.8. The molecule has 0 aliphatic carbocycles. The zero-order valence-electron chi connectivity index (χ0n) is 19.3. The van der Waals surface area contributed by atoms with E-state index in [0.29, 0.717) is 16.1 Å². The van der Waals surface area contributed by atoms with Crippen molar-refractivity contribution in [1.82, 2.24) is 4.31 Å². The highest BCUT2D eigenvalue weighted by molar-refractivity contribution is 7.89. The summed E-state index contributed by atoms with van der Waals surface area (Å²) < 4.78 is 48.0. The van der Waals surface area contributed by atoms with Gasteiger partial charge >= 0.3 is 12.4 Å². The molecule has 1 heterocycles. The number of ether oxygens (including phenoxy) is 1. The Labute approximate surface area is 217 Å². The molecule has 0 radical (unpaired) electrons. The third-order valence-corrected chi connectivity index (χ3v) is 7.85. The zero-order chi connectivity index (χ0) is 26.6. The van der Waals surface area contributed by atoms with Crippen LogP contribution in [0.5, 0.6) is 5.75 Å². The van der Waals surface area contributed by atoms with Gasteiger partial charge in [0.2, 0.25) is 10.0 Å². The van der Waals surface area contributed by atoms with E-state index in [-0.39, 0.29) is 36.6 Å². The molecule has 0 saturated carbocycles. The fourth-order valence-electron chi connectivity index (χ4n) is 3.96. The van der Waals surface area contributed by atoms with Gasteiger partial charge < -0.3 is 10.5 Å². The molecule has 1 fully saturated rings. The smallest absolute Gasteiger partial charge is 0.372 e. The van der Waals surface area contributed by atoms with E-state index in [0.717, 1.165) is 0 Å². The number of hydrogen-bond acceptors (Lipinski definition) is 8. The number of sulfonamides is 1. The maximum Gasteiger partial charge on any atom is 0.372 e. The summed E-state index contributed by atoms with van der Waals surface area (Å²) in [5.74, 6) is -1.21. The average Bonchev–Trinajstić information content (AvgIpc) is 2.85. The van der Waals surface area contributed by atoms with E-state index in [1.165, 1.54) is 40.7 Å². The van der Waals surface area contributed by atoms with Crippen molar-refractivity contribution >= 4 is 34.1 Å². The summed E-state index contributed by atoms with van der Waals surface area (Å²) in [6, 6.07) is 17.2. The number of rotatable bonds is 10. The van der Waals surface area contributed by atoms with Crippen LogP contribution in [0.3, 0.4) is 0 Å². The summed E-state index contributed by atoms with van der Waals surface area (Å²) in [4.78, 5) is 30.1. The number of benzene rings is 3. The van der Waals surface area contributed by atoms with E-state index in [4.69, 9.17) is 22.1 Å². The predicted molar refractivity (Wildman–Crippen MR) is 130 cm³/mol. The molecule has 9 nitrogen and oxygen atoms in total. The molecule has 37 heavy (non-hydrogen) atoms. The van der Waals surface area contributed by atoms with Gasteiger partial charge in [0.05, 0.1) is 18.0 Å². The molecule has 0 spiro atoms. The number of nitrogens with zero attached hydrogens (tertiary/aromatic N) is 1. The van der Waals surface area contributed by atoms with Gasteiger partial charge in [0, 0.05) is 11.1 Å². The highest BCUT2D eigenvalue weighted by Gasteiger charge is 2.52. The van der Waals surface area contributed by atoms with Crippen molar-refractivity contribution in [2.75, 3.05) is 13.1 Å². The first-order valence-electron chi connectivity index (χ1n) is 11.0. The van der Waals surface area contributed by atoms with E-state index < -0.39 is 33.5 Å². The number of carbonyl (C=O) groups is 2. The van der Waals surface area contributed by atoms with Gasteiger partial charge in [0.15, 0.2) is 5.60 Å². The highest BCUT2D eigenvalue weighted by Crippen LogP contribution is 2.40. The van der Waals surface area contributed by atoms with Crippen molar-refractivity contribution in [2.24, 2.45) is 5.73 Å². The first kappa shape index (κ1) is 26.6. The number of hydrogen-bond donors (Lipinski definition) is 1. The minimum absolute atomic E-state index is 0.00910. The second kappa shape index (κ2) is 10.9. The van der Waals surface area contributed by atoms with Crippen LogP contribution in [0.2, 0.25) is 5.02 Å². The summed E-state index contributed by atoms with van der Waals surface area (Å²) in [6.45, 7) is -0.133. The minimum Gasteiger partial charge on any atom is -0.480 e. The van der Waals surface area contributed by atoms with E-state index in [1.54, 1.807) is 36.4 Å². The first-order chi connectivity index (χ1) is 17.6. The molecule has 4 rings (SSSR count). The fraction of sp³-hybridized carbons (Fsp3) is 0.200. The lowest BCUT2D eigenvalue weighted by Crippen LogP contribution is -2.64. The molecule has 0 aromatic heterocycles. The predicted octanol–water partition coefficient (Wildman–Crippen LogP) is 2.96. The van der Waals surface area contributed by atoms with Gasteiger partial charge in [0.1, 0.15) is 17.6 Å². The zero-order valence-corrected chi connectivity index (χ0v) is 20.8. The van der Waals surface area contributed by atoms with Gasteiger partial charge in [-0.25, -0.2) is 22.5 Å². The maximum absolute atomic E-state index is 13.8. The topological polar surface area (TPSA) is 125 Å². The molecule has 1 atom stereocenters. The van der Waals surface area contributed by atoms with Crippen LogP contribution >= 0.6 is 11.6 Å². The third-order valence-electron chi connectivity index (χ3n) is 5.81. The van der Waals surface area contributed by atoms with Gasteiger partial charge in [-0.3, -0.25) is 9.68 Å². The molecule has 0 amide bonds. The summed E-state index contributed by atoms with van der Waals surface area (Å²) in [5, 5.41) is 0.505. The van der Waals surface area contributed by atoms with Crippen LogP contribution in [0.4, 0.5) is 4.39 Å². The third kappa shape index (κ3) is 5.91. The standard InChI is InChI=1S/C25H22ClFN2O7S/c26-19-9-7-18(8-10-19)25(35-21-5-2-4-20(27)13-21)14-29(15-25)37(32,33)22-6-1-3-17(11-22)12-23(28)24(31)36-34-16-30/h1-11,13,16,23H,12,14-15,28H2/t23-/m0/s1. The first-order valence-corrected chi connectivity index (χ1v) is 12.8. The van der Waals surface area contributed by atoms with Crippen LogP contribution in [0, 0.1) is 5.82 Å². The SMILES string of the molecule is N[C@@H](Cc1cccc(S(=O)(=O)N2CC(Oc3cccc(F)c3)(c3ccc(Cl)cc3)C2)c1)C(=O)OOC=O. The fourth-order valence-corrected chi connectivity index (χ4v) is 5.69. The number of nitrogens with two attached hydrogens (primary N) is 1. The van der Waals surface area contributed by atoms with Crippen LogP contribution in [0.15, 0.2) is 77.7 Å². The van der Waals surface area contributed by atoms with Gasteiger partial charge in [0.25, 0.3) is 0 Å². The van der Waals surface area contributed by atoms with E-state index in [2.05, 4.69) is 9.78 Å². The van der Waals surface area contributed by atoms with Gasteiger partial charge in [-0.2, -0.15) is 4.31 Å². The molecule has 1 aliphatic heterocycles. The molecule has 194 valence electrons. The molecular weight excluding hydrogens is 527 g/mol. The van der Waals surface area contributed by atoms with Crippen LogP contribution in [0.25, 0.3) is 0 Å². The molecule has 0 unspecified atom stereocenters. The van der Waals surface area contributed by atoms with Crippen molar-refractivity contribution in [3.05, 3.63) is 94.8 Å². The van der Waals surface area contributed by atoms with Crippen LogP contribution in [-0.2, 0) is 41.4 Å². The molecule has 2 N–H and O–H groups in total. The second-order valence-corrected chi connectivity index (χ2v) is 10.8. The molecule has 12 heteroatoms. The summed E-state index contributed by atoms with van der Waals surface area (Å²) in [6.07, 6.45) is -0.0538. The lowest BCUT2D eigenvalue weighted by atomic mass is 9.87. The van der Waals surface area contributed by atoms with Crippen molar-refractivity contribution in [3.8, 4) is 5.75 Å². The van der Waals surface area contributed by atoms with Gasteiger partial charge in [-0.05, 0) is 53.9 Å². The Kier molecular flexibility index (Phi) is 7.79. The Bertz CT molecular complexity index is 1400. The van der Waals surface area contributed by atoms with Crippen LogP contribution < -0.4 is 10.5 Å². The second-order valence-electron chi connectivity index (χ2n) is 8.39. The number of carbonyl (C=O) groups excluding carboxylic acids is 2.